The van der Waals surface area contributed by atoms with E-state index in [1.54, 1.807) is 14.2 Å². The molecular weight excluding hydrogens is 372 g/mol. The molecule has 3 aromatic carbocycles. The van der Waals surface area contributed by atoms with Crippen molar-refractivity contribution in [1.82, 2.24) is 4.57 Å². The molecule has 0 bridgehead atoms. The zero-order valence-electron chi connectivity index (χ0n) is 16.9. The molecule has 0 aliphatic carbocycles. The second kappa shape index (κ2) is 7.56. The number of ether oxygens (including phenoxy) is 2. The topological polar surface area (TPSA) is 35.8 Å². The molecule has 0 saturated heterocycles. The summed E-state index contributed by atoms with van der Waals surface area (Å²) in [6.45, 7) is 0. The largest absolute Gasteiger partial charge is 0.493 e. The van der Waals surface area contributed by atoms with Gasteiger partial charge in [0, 0.05) is 17.3 Å². The van der Waals surface area contributed by atoms with Gasteiger partial charge >= 0.3 is 0 Å². The van der Waals surface area contributed by atoms with Gasteiger partial charge in [-0.2, -0.15) is 0 Å². The number of hydrogen-bond donors (Lipinski definition) is 0. The summed E-state index contributed by atoms with van der Waals surface area (Å²) in [4.78, 5) is 5.30. The monoisotopic (exact) mass is 394 g/mol. The number of fused-ring (bicyclic) bond motifs is 3. The van der Waals surface area contributed by atoms with Crippen LogP contribution in [-0.4, -0.2) is 24.5 Å². The van der Waals surface area contributed by atoms with Crippen molar-refractivity contribution in [3.05, 3.63) is 114 Å². The molecule has 0 radical (unpaired) electrons. The highest BCUT2D eigenvalue weighted by Gasteiger charge is 2.25. The zero-order chi connectivity index (χ0) is 20.5. The lowest BCUT2D eigenvalue weighted by atomic mass is 9.97. The number of methoxy groups -OCH3 is 2. The van der Waals surface area contributed by atoms with Crippen molar-refractivity contribution in [3.63, 3.8) is 0 Å². The molecule has 4 heteroatoms. The third-order valence-corrected chi connectivity index (χ3v) is 5.51. The number of benzene rings is 3. The van der Waals surface area contributed by atoms with E-state index in [1.807, 2.05) is 24.3 Å². The fourth-order valence-electron chi connectivity index (χ4n) is 4.08. The summed E-state index contributed by atoms with van der Waals surface area (Å²) in [7, 11) is 3.30. The molecule has 1 atom stereocenters. The van der Waals surface area contributed by atoms with E-state index in [-0.39, 0.29) is 6.04 Å². The Labute approximate surface area is 176 Å². The molecule has 0 fully saturated rings. The predicted molar refractivity (Wildman–Crippen MR) is 119 cm³/mol. The van der Waals surface area contributed by atoms with Crippen molar-refractivity contribution in [3.8, 4) is 17.2 Å². The molecule has 30 heavy (non-hydrogen) atoms. The highest BCUT2D eigenvalue weighted by molar-refractivity contribution is 6.13. The van der Waals surface area contributed by atoms with Crippen molar-refractivity contribution in [1.29, 1.82) is 0 Å². The average Bonchev–Trinajstić information content (AvgIpc) is 3.24. The SMILES string of the molecule is COc1ccc(C2=N[C@@H](c3ccccc3)c3ccccc3-n3cccc32)cc1OC. The number of aliphatic imine (C=N–C) groups is 1. The fraction of sp³-hybridized carbons (Fsp3) is 0.115. The molecule has 2 heterocycles. The molecule has 4 nitrogen and oxygen atoms in total. The number of para-hydroxylation sites is 1. The third kappa shape index (κ3) is 2.98. The zero-order valence-corrected chi connectivity index (χ0v) is 16.9. The van der Waals surface area contributed by atoms with Crippen molar-refractivity contribution in [2.45, 2.75) is 6.04 Å². The number of rotatable bonds is 4. The molecule has 0 N–H and O–H groups in total. The minimum absolute atomic E-state index is 0.106. The van der Waals surface area contributed by atoms with E-state index in [9.17, 15) is 0 Å². The normalized spacial score (nSPS) is 14.9. The highest BCUT2D eigenvalue weighted by Crippen LogP contribution is 2.37. The Morgan fingerprint density at radius 1 is 0.767 bits per heavy atom. The Bertz CT molecular complexity index is 1220. The standard InChI is InChI=1S/C26H22N2O2/c1-29-23-15-14-19(17-24(23)30-2)26-22-13-8-16-28(22)21-12-7-6-11-20(21)25(27-26)18-9-4-3-5-10-18/h3-17,25H,1-2H3/t25-/m0/s1. The lowest BCUT2D eigenvalue weighted by Gasteiger charge is -2.16. The lowest BCUT2D eigenvalue weighted by molar-refractivity contribution is 0.355. The van der Waals surface area contributed by atoms with Crippen LogP contribution < -0.4 is 9.47 Å². The minimum atomic E-state index is -0.106. The van der Waals surface area contributed by atoms with Crippen LogP contribution in [0.1, 0.15) is 28.4 Å². The van der Waals surface area contributed by atoms with Gasteiger partial charge in [-0.25, -0.2) is 0 Å². The highest BCUT2D eigenvalue weighted by atomic mass is 16.5. The molecule has 1 aliphatic rings. The Morgan fingerprint density at radius 3 is 2.33 bits per heavy atom. The Hall–Kier alpha value is -3.79. The van der Waals surface area contributed by atoms with Gasteiger partial charge in [-0.3, -0.25) is 4.99 Å². The molecule has 0 saturated carbocycles. The molecule has 148 valence electrons. The first kappa shape index (κ1) is 18.3. The van der Waals surface area contributed by atoms with Crippen LogP contribution in [0.15, 0.2) is 96.1 Å². The molecule has 1 aliphatic heterocycles. The van der Waals surface area contributed by atoms with Gasteiger partial charge in [-0.15, -0.1) is 0 Å². The molecule has 0 amide bonds. The van der Waals surface area contributed by atoms with Gasteiger partial charge in [0.2, 0.25) is 0 Å². The Morgan fingerprint density at radius 2 is 1.53 bits per heavy atom. The lowest BCUT2D eigenvalue weighted by Crippen LogP contribution is -2.09. The third-order valence-electron chi connectivity index (χ3n) is 5.51. The maximum absolute atomic E-state index is 5.55. The van der Waals surface area contributed by atoms with Crippen LogP contribution in [0.4, 0.5) is 0 Å². The summed E-state index contributed by atoms with van der Waals surface area (Å²) in [6, 6.07) is 28.9. The van der Waals surface area contributed by atoms with Crippen LogP contribution in [0.2, 0.25) is 0 Å². The van der Waals surface area contributed by atoms with Gasteiger partial charge in [0.15, 0.2) is 11.5 Å². The van der Waals surface area contributed by atoms with Crippen molar-refractivity contribution >= 4 is 5.71 Å². The second-order valence-electron chi connectivity index (χ2n) is 7.18. The molecular formula is C26H22N2O2. The van der Waals surface area contributed by atoms with E-state index in [1.165, 1.54) is 5.56 Å². The second-order valence-corrected chi connectivity index (χ2v) is 7.18. The number of aromatic nitrogens is 1. The van der Waals surface area contributed by atoms with Crippen molar-refractivity contribution < 1.29 is 9.47 Å². The van der Waals surface area contributed by atoms with Crippen LogP contribution >= 0.6 is 0 Å². The van der Waals surface area contributed by atoms with E-state index < -0.39 is 0 Å². The fourth-order valence-corrected chi connectivity index (χ4v) is 4.08. The smallest absolute Gasteiger partial charge is 0.161 e. The van der Waals surface area contributed by atoms with Gasteiger partial charge in [-0.1, -0.05) is 48.5 Å². The summed E-state index contributed by atoms with van der Waals surface area (Å²) < 4.78 is 13.2. The van der Waals surface area contributed by atoms with Crippen LogP contribution in [0.3, 0.4) is 0 Å². The minimum Gasteiger partial charge on any atom is -0.493 e. The van der Waals surface area contributed by atoms with Crippen LogP contribution in [0, 0.1) is 0 Å². The molecule has 4 aromatic rings. The quantitative estimate of drug-likeness (QED) is 0.462. The van der Waals surface area contributed by atoms with E-state index >= 15 is 0 Å². The van der Waals surface area contributed by atoms with Crippen molar-refractivity contribution in [2.24, 2.45) is 4.99 Å². The van der Waals surface area contributed by atoms with Crippen LogP contribution in [0.25, 0.3) is 5.69 Å². The maximum atomic E-state index is 5.55. The first-order valence-corrected chi connectivity index (χ1v) is 9.92. The van der Waals surface area contributed by atoms with Gasteiger partial charge in [0.25, 0.3) is 0 Å². The average molecular weight is 394 g/mol. The summed E-state index contributed by atoms with van der Waals surface area (Å²) in [6.07, 6.45) is 2.10. The number of hydrogen-bond acceptors (Lipinski definition) is 3. The van der Waals surface area contributed by atoms with Gasteiger partial charge < -0.3 is 14.0 Å². The van der Waals surface area contributed by atoms with E-state index in [0.717, 1.165) is 28.2 Å². The Balaban J connectivity index is 1.77. The Kier molecular flexibility index (Phi) is 4.60. The van der Waals surface area contributed by atoms with E-state index in [2.05, 4.69) is 71.4 Å². The summed E-state index contributed by atoms with van der Waals surface area (Å²) in [5.41, 5.74) is 6.44. The molecule has 0 unspecified atom stereocenters. The van der Waals surface area contributed by atoms with Crippen molar-refractivity contribution in [2.75, 3.05) is 14.2 Å². The van der Waals surface area contributed by atoms with Crippen LogP contribution in [0.5, 0.6) is 11.5 Å². The first-order chi connectivity index (χ1) is 14.8. The molecule has 0 spiro atoms. The first-order valence-electron chi connectivity index (χ1n) is 9.92. The summed E-state index contributed by atoms with van der Waals surface area (Å²) in [5, 5.41) is 0. The predicted octanol–water partition coefficient (Wildman–Crippen LogP) is 5.43. The summed E-state index contributed by atoms with van der Waals surface area (Å²) in [5.74, 6) is 1.39. The number of nitrogens with zero attached hydrogens (tertiary/aromatic N) is 2. The van der Waals surface area contributed by atoms with Gasteiger partial charge in [-0.05, 0) is 42.0 Å². The van der Waals surface area contributed by atoms with Gasteiger partial charge in [0.1, 0.15) is 6.04 Å². The summed E-state index contributed by atoms with van der Waals surface area (Å²) >= 11 is 0. The van der Waals surface area contributed by atoms with Crippen LogP contribution in [-0.2, 0) is 0 Å². The maximum Gasteiger partial charge on any atom is 0.161 e. The van der Waals surface area contributed by atoms with E-state index in [0.29, 0.717) is 11.5 Å². The molecule has 5 rings (SSSR count). The van der Waals surface area contributed by atoms with E-state index in [4.69, 9.17) is 14.5 Å². The van der Waals surface area contributed by atoms with Gasteiger partial charge in [0.05, 0.1) is 31.3 Å². The molecule has 1 aromatic heterocycles.